The Labute approximate surface area is 160 Å². The molecule has 2 aromatic rings. The number of anilines is 1. The molecule has 6 nitrogen and oxygen atoms in total. The van der Waals surface area contributed by atoms with Gasteiger partial charge in [0, 0.05) is 18.8 Å². The van der Waals surface area contributed by atoms with Crippen LogP contribution in [0.4, 0.5) is 5.69 Å². The highest BCUT2D eigenvalue weighted by Gasteiger charge is 2.28. The topological polar surface area (TPSA) is 66.9 Å². The summed E-state index contributed by atoms with van der Waals surface area (Å²) in [6.45, 7) is 0.698. The number of carbonyl (C=O) groups excluding carboxylic acids is 1. The van der Waals surface area contributed by atoms with Crippen LogP contribution in [0.1, 0.15) is 11.1 Å². The van der Waals surface area contributed by atoms with Crippen LogP contribution in [0.2, 0.25) is 0 Å². The van der Waals surface area contributed by atoms with Crippen LogP contribution in [0.15, 0.2) is 48.5 Å². The maximum absolute atomic E-state index is 12.8. The Hall–Kier alpha value is -2.38. The van der Waals surface area contributed by atoms with Gasteiger partial charge in [-0.15, -0.1) is 0 Å². The maximum Gasteiger partial charge on any atom is 0.242 e. The molecule has 0 fully saturated rings. The van der Waals surface area contributed by atoms with E-state index in [9.17, 15) is 13.2 Å². The van der Waals surface area contributed by atoms with Gasteiger partial charge < -0.3 is 9.64 Å². The van der Waals surface area contributed by atoms with E-state index in [-0.39, 0.29) is 19.0 Å². The number of hydrogen-bond acceptors (Lipinski definition) is 4. The van der Waals surface area contributed by atoms with Gasteiger partial charge in [0.15, 0.2) is 0 Å². The summed E-state index contributed by atoms with van der Waals surface area (Å²) in [5.74, 6) is 0.557. The Bertz CT molecular complexity index is 910. The zero-order valence-electron chi connectivity index (χ0n) is 15.6. The van der Waals surface area contributed by atoms with E-state index in [2.05, 4.69) is 0 Å². The van der Waals surface area contributed by atoms with Gasteiger partial charge in [-0.1, -0.05) is 30.3 Å². The monoisotopic (exact) mass is 388 g/mol. The van der Waals surface area contributed by atoms with E-state index >= 15 is 0 Å². The minimum atomic E-state index is -3.49. The second kappa shape index (κ2) is 8.10. The number of rotatable bonds is 7. The summed E-state index contributed by atoms with van der Waals surface area (Å²) in [4.78, 5) is 14.4. The van der Waals surface area contributed by atoms with Gasteiger partial charge in [-0.25, -0.2) is 8.42 Å². The molecular weight excluding hydrogens is 364 g/mol. The third-order valence-corrected chi connectivity index (χ3v) is 6.03. The molecule has 144 valence electrons. The van der Waals surface area contributed by atoms with E-state index in [4.69, 9.17) is 4.74 Å². The van der Waals surface area contributed by atoms with Crippen molar-refractivity contribution in [3.05, 3.63) is 59.7 Å². The van der Waals surface area contributed by atoms with E-state index in [1.807, 2.05) is 48.5 Å². The fourth-order valence-corrected chi connectivity index (χ4v) is 4.01. The minimum absolute atomic E-state index is 0.149. The first-order valence-electron chi connectivity index (χ1n) is 8.85. The molecule has 27 heavy (non-hydrogen) atoms. The molecule has 0 radical (unpaired) electrons. The zero-order valence-corrected chi connectivity index (χ0v) is 16.4. The van der Waals surface area contributed by atoms with Crippen LogP contribution in [0, 0.1) is 0 Å². The second-order valence-corrected chi connectivity index (χ2v) is 8.60. The van der Waals surface area contributed by atoms with Crippen LogP contribution < -0.4 is 9.64 Å². The van der Waals surface area contributed by atoms with Gasteiger partial charge in [0.2, 0.25) is 15.9 Å². The lowest BCUT2D eigenvalue weighted by Crippen LogP contribution is -2.42. The highest BCUT2D eigenvalue weighted by Crippen LogP contribution is 2.27. The average Bonchev–Trinajstić information content (AvgIpc) is 3.08. The van der Waals surface area contributed by atoms with Crippen LogP contribution in [0.5, 0.6) is 5.75 Å². The van der Waals surface area contributed by atoms with E-state index in [1.54, 1.807) is 12.0 Å². The van der Waals surface area contributed by atoms with Crippen molar-refractivity contribution in [3.63, 3.8) is 0 Å². The van der Waals surface area contributed by atoms with Gasteiger partial charge >= 0.3 is 0 Å². The molecule has 1 amide bonds. The summed E-state index contributed by atoms with van der Waals surface area (Å²) in [7, 11) is -1.89. The first-order chi connectivity index (χ1) is 12.9. The molecule has 1 heterocycles. The number of benzene rings is 2. The molecule has 7 heteroatoms. The lowest BCUT2D eigenvalue weighted by atomic mass is 10.1. The van der Waals surface area contributed by atoms with Gasteiger partial charge in [0.05, 0.1) is 19.9 Å². The molecule has 0 N–H and O–H groups in total. The third-order valence-electron chi connectivity index (χ3n) is 4.78. The Kier molecular flexibility index (Phi) is 5.82. The van der Waals surface area contributed by atoms with Crippen molar-refractivity contribution in [1.29, 1.82) is 0 Å². The molecule has 0 aliphatic carbocycles. The van der Waals surface area contributed by atoms with Crippen LogP contribution in [-0.4, -0.2) is 51.6 Å². The predicted octanol–water partition coefficient (Wildman–Crippen LogP) is 2.09. The number of nitrogens with zero attached hydrogens (tertiary/aromatic N) is 2. The number of hydrogen-bond donors (Lipinski definition) is 0. The quantitative estimate of drug-likeness (QED) is 0.728. The van der Waals surface area contributed by atoms with Crippen molar-refractivity contribution in [3.8, 4) is 5.75 Å². The molecule has 0 saturated carbocycles. The molecule has 0 spiro atoms. The smallest absolute Gasteiger partial charge is 0.242 e. The summed E-state index contributed by atoms with van der Waals surface area (Å²) in [5.41, 5.74) is 2.99. The number of methoxy groups -OCH3 is 1. The van der Waals surface area contributed by atoms with Gasteiger partial charge in [-0.2, -0.15) is 4.31 Å². The van der Waals surface area contributed by atoms with Crippen molar-refractivity contribution in [2.75, 3.05) is 37.9 Å². The van der Waals surface area contributed by atoms with Gasteiger partial charge in [-0.3, -0.25) is 4.79 Å². The molecule has 0 aromatic heterocycles. The summed E-state index contributed by atoms with van der Waals surface area (Å²) in [5, 5.41) is 0. The van der Waals surface area contributed by atoms with Crippen LogP contribution in [0.25, 0.3) is 0 Å². The van der Waals surface area contributed by atoms with Crippen LogP contribution in [0.3, 0.4) is 0 Å². The van der Waals surface area contributed by atoms with Crippen LogP contribution in [-0.2, 0) is 27.7 Å². The number of sulfonamides is 1. The second-order valence-electron chi connectivity index (χ2n) is 6.62. The third kappa shape index (κ3) is 4.67. The number of carbonyl (C=O) groups is 1. The first kappa shape index (κ1) is 19.4. The Morgan fingerprint density at radius 1 is 1.15 bits per heavy atom. The van der Waals surface area contributed by atoms with Crippen molar-refractivity contribution >= 4 is 21.6 Å². The molecular formula is C20H24N2O4S. The minimum Gasteiger partial charge on any atom is -0.497 e. The highest BCUT2D eigenvalue weighted by molar-refractivity contribution is 7.88. The normalized spacial score (nSPS) is 13.7. The highest BCUT2D eigenvalue weighted by atomic mass is 32.2. The van der Waals surface area contributed by atoms with E-state index in [1.165, 1.54) is 4.31 Å². The predicted molar refractivity (Wildman–Crippen MR) is 106 cm³/mol. The molecule has 2 aromatic carbocycles. The van der Waals surface area contributed by atoms with Gasteiger partial charge in [0.25, 0.3) is 0 Å². The fraction of sp³-hybridized carbons (Fsp3) is 0.350. The summed E-state index contributed by atoms with van der Waals surface area (Å²) < 4.78 is 30.7. The Balaban J connectivity index is 1.67. The van der Waals surface area contributed by atoms with Crippen molar-refractivity contribution in [2.45, 2.75) is 12.8 Å². The molecule has 1 aliphatic heterocycles. The van der Waals surface area contributed by atoms with Crippen molar-refractivity contribution in [2.24, 2.45) is 0 Å². The lowest BCUT2D eigenvalue weighted by molar-refractivity contribution is -0.118. The zero-order chi connectivity index (χ0) is 19.4. The summed E-state index contributed by atoms with van der Waals surface area (Å²) >= 11 is 0. The van der Waals surface area contributed by atoms with Crippen molar-refractivity contribution in [1.82, 2.24) is 4.31 Å². The standard InChI is InChI=1S/C20H24N2O4S/c1-26-18-9-7-16(8-10-18)11-13-21(27(2,24)25)15-20(23)22-14-12-17-5-3-4-6-19(17)22/h3-10H,11-15H2,1-2H3. The molecule has 1 aliphatic rings. The molecule has 0 unspecified atom stereocenters. The molecule has 0 saturated heterocycles. The summed E-state index contributed by atoms with van der Waals surface area (Å²) in [6.07, 6.45) is 2.47. The number of amides is 1. The van der Waals surface area contributed by atoms with Crippen LogP contribution >= 0.6 is 0 Å². The molecule has 0 atom stereocenters. The summed E-state index contributed by atoms with van der Waals surface area (Å²) in [6, 6.07) is 15.2. The van der Waals surface area contributed by atoms with Gasteiger partial charge in [-0.05, 0) is 42.2 Å². The molecule has 3 rings (SSSR count). The van der Waals surface area contributed by atoms with E-state index in [0.29, 0.717) is 13.0 Å². The fourth-order valence-electron chi connectivity index (χ4n) is 3.24. The van der Waals surface area contributed by atoms with Gasteiger partial charge in [0.1, 0.15) is 5.75 Å². The first-order valence-corrected chi connectivity index (χ1v) is 10.7. The number of ether oxygens (including phenoxy) is 1. The number of para-hydroxylation sites is 1. The number of fused-ring (bicyclic) bond motifs is 1. The lowest BCUT2D eigenvalue weighted by Gasteiger charge is -2.23. The Morgan fingerprint density at radius 2 is 1.85 bits per heavy atom. The Morgan fingerprint density at radius 3 is 2.52 bits per heavy atom. The maximum atomic E-state index is 12.8. The van der Waals surface area contributed by atoms with E-state index < -0.39 is 10.0 Å². The average molecular weight is 388 g/mol. The van der Waals surface area contributed by atoms with E-state index in [0.717, 1.165) is 35.2 Å². The molecule has 0 bridgehead atoms. The largest absolute Gasteiger partial charge is 0.497 e. The van der Waals surface area contributed by atoms with Crippen molar-refractivity contribution < 1.29 is 17.9 Å². The SMILES string of the molecule is COc1ccc(CCN(CC(=O)N2CCc3ccccc32)S(C)(=O)=O)cc1.